The Kier molecular flexibility index (Phi) is 5.70. The SMILES string of the molecule is CC(N)CCNC(=O)CCC(=O)N1CC(=O)Nc2ccccc21. The second kappa shape index (κ2) is 7.73. The maximum absolute atomic E-state index is 12.3. The zero-order valence-corrected chi connectivity index (χ0v) is 13.2. The number of nitrogens with two attached hydrogens (primary N) is 1. The summed E-state index contributed by atoms with van der Waals surface area (Å²) < 4.78 is 0. The lowest BCUT2D eigenvalue weighted by molar-refractivity contribution is -0.125. The molecule has 0 saturated carbocycles. The number of carbonyl (C=O) groups is 3. The molecule has 1 aromatic rings. The second-order valence-corrected chi connectivity index (χ2v) is 5.66. The lowest BCUT2D eigenvalue weighted by atomic mass is 10.1. The summed E-state index contributed by atoms with van der Waals surface area (Å²) in [6, 6.07) is 7.14. The molecule has 2 rings (SSSR count). The zero-order chi connectivity index (χ0) is 16.8. The van der Waals surface area contributed by atoms with Crippen LogP contribution in [0.4, 0.5) is 11.4 Å². The van der Waals surface area contributed by atoms with Crippen LogP contribution in [0.3, 0.4) is 0 Å². The van der Waals surface area contributed by atoms with Crippen molar-refractivity contribution >= 4 is 29.1 Å². The van der Waals surface area contributed by atoms with Crippen LogP contribution in [-0.2, 0) is 14.4 Å². The maximum Gasteiger partial charge on any atom is 0.244 e. The van der Waals surface area contributed by atoms with E-state index >= 15 is 0 Å². The Morgan fingerprint density at radius 2 is 2.09 bits per heavy atom. The summed E-state index contributed by atoms with van der Waals surface area (Å²) in [5.74, 6) is -0.665. The van der Waals surface area contributed by atoms with Gasteiger partial charge >= 0.3 is 0 Å². The van der Waals surface area contributed by atoms with E-state index in [0.717, 1.165) is 0 Å². The van der Waals surface area contributed by atoms with E-state index in [9.17, 15) is 14.4 Å². The Morgan fingerprint density at radius 1 is 1.35 bits per heavy atom. The van der Waals surface area contributed by atoms with Gasteiger partial charge < -0.3 is 21.3 Å². The number of hydrogen-bond donors (Lipinski definition) is 3. The Morgan fingerprint density at radius 3 is 2.83 bits per heavy atom. The first-order chi connectivity index (χ1) is 11.0. The fourth-order valence-electron chi connectivity index (χ4n) is 2.34. The van der Waals surface area contributed by atoms with Crippen molar-refractivity contribution in [3.05, 3.63) is 24.3 Å². The van der Waals surface area contributed by atoms with Crippen molar-refractivity contribution in [1.82, 2.24) is 5.32 Å². The van der Waals surface area contributed by atoms with Crippen molar-refractivity contribution < 1.29 is 14.4 Å². The summed E-state index contributed by atoms with van der Waals surface area (Å²) in [6.45, 7) is 2.34. The van der Waals surface area contributed by atoms with Gasteiger partial charge in [0.15, 0.2) is 0 Å². The Hall–Kier alpha value is -2.41. The third-order valence-electron chi connectivity index (χ3n) is 3.56. The van der Waals surface area contributed by atoms with Crippen molar-refractivity contribution in [2.75, 3.05) is 23.3 Å². The first kappa shape index (κ1) is 17.0. The van der Waals surface area contributed by atoms with Gasteiger partial charge in [-0.15, -0.1) is 0 Å². The van der Waals surface area contributed by atoms with Crippen molar-refractivity contribution in [2.24, 2.45) is 5.73 Å². The second-order valence-electron chi connectivity index (χ2n) is 5.66. The first-order valence-electron chi connectivity index (χ1n) is 7.69. The average Bonchev–Trinajstić information content (AvgIpc) is 2.51. The van der Waals surface area contributed by atoms with Gasteiger partial charge in [0.2, 0.25) is 17.7 Å². The zero-order valence-electron chi connectivity index (χ0n) is 13.2. The molecule has 4 N–H and O–H groups in total. The quantitative estimate of drug-likeness (QED) is 0.714. The van der Waals surface area contributed by atoms with E-state index in [0.29, 0.717) is 24.3 Å². The number of amides is 3. The van der Waals surface area contributed by atoms with Crippen LogP contribution in [0.5, 0.6) is 0 Å². The smallest absolute Gasteiger partial charge is 0.244 e. The molecule has 1 aromatic carbocycles. The Bertz CT molecular complexity index is 601. The molecule has 1 atom stereocenters. The van der Waals surface area contributed by atoms with Gasteiger partial charge in [0.05, 0.1) is 11.4 Å². The average molecular weight is 318 g/mol. The van der Waals surface area contributed by atoms with Crippen LogP contribution < -0.4 is 21.3 Å². The summed E-state index contributed by atoms with van der Waals surface area (Å²) in [5, 5.41) is 5.46. The normalized spacial score (nSPS) is 14.7. The predicted molar refractivity (Wildman–Crippen MR) is 87.9 cm³/mol. The van der Waals surface area contributed by atoms with E-state index in [-0.39, 0.29) is 43.1 Å². The molecular weight excluding hydrogens is 296 g/mol. The highest BCUT2D eigenvalue weighted by Crippen LogP contribution is 2.29. The van der Waals surface area contributed by atoms with Crippen LogP contribution in [0, 0.1) is 0 Å². The van der Waals surface area contributed by atoms with Gasteiger partial charge in [0.1, 0.15) is 6.54 Å². The van der Waals surface area contributed by atoms with Gasteiger partial charge in [-0.1, -0.05) is 12.1 Å². The minimum Gasteiger partial charge on any atom is -0.356 e. The third kappa shape index (κ3) is 4.79. The largest absolute Gasteiger partial charge is 0.356 e. The van der Waals surface area contributed by atoms with E-state index in [1.54, 1.807) is 24.3 Å². The number of nitrogens with one attached hydrogen (secondary N) is 2. The fraction of sp³-hybridized carbons (Fsp3) is 0.438. The molecular formula is C16H22N4O3. The van der Waals surface area contributed by atoms with Crippen LogP contribution in [-0.4, -0.2) is 36.9 Å². The molecule has 124 valence electrons. The molecule has 0 fully saturated rings. The summed E-state index contributed by atoms with van der Waals surface area (Å²) in [6.07, 6.45) is 0.850. The van der Waals surface area contributed by atoms with Gasteiger partial charge in [-0.25, -0.2) is 0 Å². The van der Waals surface area contributed by atoms with Crippen molar-refractivity contribution in [2.45, 2.75) is 32.2 Å². The van der Waals surface area contributed by atoms with Crippen LogP contribution in [0.2, 0.25) is 0 Å². The Balaban J connectivity index is 1.89. The molecule has 7 heteroatoms. The molecule has 0 aromatic heterocycles. The van der Waals surface area contributed by atoms with E-state index in [2.05, 4.69) is 10.6 Å². The standard InChI is InChI=1S/C16H22N4O3/c1-11(17)8-9-18-14(21)6-7-16(23)20-10-15(22)19-12-4-2-3-5-13(12)20/h2-5,11H,6-10,17H2,1H3,(H,18,21)(H,19,22). The lowest BCUT2D eigenvalue weighted by Crippen LogP contribution is -2.42. The number of benzene rings is 1. The van der Waals surface area contributed by atoms with E-state index < -0.39 is 0 Å². The predicted octanol–water partition coefficient (Wildman–Crippen LogP) is 0.605. The third-order valence-corrected chi connectivity index (χ3v) is 3.56. The summed E-state index contributed by atoms with van der Waals surface area (Å²) in [5.41, 5.74) is 6.88. The topological polar surface area (TPSA) is 105 Å². The van der Waals surface area contributed by atoms with Gasteiger partial charge in [0.25, 0.3) is 0 Å². The van der Waals surface area contributed by atoms with Crippen LogP contribution in [0.15, 0.2) is 24.3 Å². The molecule has 0 saturated heterocycles. The molecule has 0 spiro atoms. The highest BCUT2D eigenvalue weighted by molar-refractivity contribution is 6.10. The number of anilines is 2. The van der Waals surface area contributed by atoms with Gasteiger partial charge in [-0.2, -0.15) is 0 Å². The summed E-state index contributed by atoms with van der Waals surface area (Å²) in [7, 11) is 0. The van der Waals surface area contributed by atoms with Gasteiger partial charge in [-0.3, -0.25) is 14.4 Å². The highest BCUT2D eigenvalue weighted by atomic mass is 16.2. The molecule has 1 aliphatic heterocycles. The fourth-order valence-corrected chi connectivity index (χ4v) is 2.34. The van der Waals surface area contributed by atoms with E-state index in [1.165, 1.54) is 4.90 Å². The highest BCUT2D eigenvalue weighted by Gasteiger charge is 2.26. The van der Waals surface area contributed by atoms with Crippen molar-refractivity contribution in [1.29, 1.82) is 0 Å². The number of rotatable bonds is 6. The molecule has 1 unspecified atom stereocenters. The molecule has 0 radical (unpaired) electrons. The van der Waals surface area contributed by atoms with E-state index in [4.69, 9.17) is 5.73 Å². The summed E-state index contributed by atoms with van der Waals surface area (Å²) in [4.78, 5) is 37.2. The lowest BCUT2D eigenvalue weighted by Gasteiger charge is -2.29. The maximum atomic E-state index is 12.3. The minimum atomic E-state index is -0.241. The van der Waals surface area contributed by atoms with Gasteiger partial charge in [-0.05, 0) is 25.5 Å². The minimum absolute atomic E-state index is 0.0256. The van der Waals surface area contributed by atoms with Crippen molar-refractivity contribution in [3.8, 4) is 0 Å². The number of hydrogen-bond acceptors (Lipinski definition) is 4. The molecule has 1 aliphatic rings. The van der Waals surface area contributed by atoms with Gasteiger partial charge in [0, 0.05) is 25.4 Å². The van der Waals surface area contributed by atoms with Crippen LogP contribution in [0.1, 0.15) is 26.2 Å². The summed E-state index contributed by atoms with van der Waals surface area (Å²) >= 11 is 0. The monoisotopic (exact) mass is 318 g/mol. The molecule has 0 bridgehead atoms. The van der Waals surface area contributed by atoms with Crippen molar-refractivity contribution in [3.63, 3.8) is 0 Å². The molecule has 23 heavy (non-hydrogen) atoms. The first-order valence-corrected chi connectivity index (χ1v) is 7.69. The van der Waals surface area contributed by atoms with Crippen LogP contribution in [0.25, 0.3) is 0 Å². The number of nitrogens with zero attached hydrogens (tertiary/aromatic N) is 1. The molecule has 0 aliphatic carbocycles. The number of carbonyl (C=O) groups excluding carboxylic acids is 3. The molecule has 7 nitrogen and oxygen atoms in total. The number of para-hydroxylation sites is 2. The Labute approximate surface area is 135 Å². The van der Waals surface area contributed by atoms with E-state index in [1.807, 2.05) is 6.92 Å². The number of fused-ring (bicyclic) bond motifs is 1. The molecule has 1 heterocycles. The van der Waals surface area contributed by atoms with Crippen LogP contribution >= 0.6 is 0 Å². The molecule has 3 amide bonds.